The zero-order valence-electron chi connectivity index (χ0n) is 15.3. The number of anilines is 1. The SMILES string of the molecule is CCOC(=O)CCC(=O)N(Cc1nc2cc(F)cc(F)c2s1)c1ccsc1C. The lowest BCUT2D eigenvalue weighted by Gasteiger charge is -2.21. The van der Waals surface area contributed by atoms with Crippen molar-refractivity contribution in [3.63, 3.8) is 0 Å². The molecule has 0 saturated carbocycles. The van der Waals surface area contributed by atoms with Crippen molar-refractivity contribution in [2.75, 3.05) is 11.5 Å². The molecule has 0 N–H and O–H groups in total. The summed E-state index contributed by atoms with van der Waals surface area (Å²) in [4.78, 5) is 31.1. The van der Waals surface area contributed by atoms with Crippen molar-refractivity contribution in [3.8, 4) is 0 Å². The van der Waals surface area contributed by atoms with Crippen molar-refractivity contribution in [2.24, 2.45) is 0 Å². The van der Waals surface area contributed by atoms with Crippen LogP contribution in [0.5, 0.6) is 0 Å². The van der Waals surface area contributed by atoms with Gasteiger partial charge in [-0.1, -0.05) is 0 Å². The Morgan fingerprint density at radius 3 is 2.71 bits per heavy atom. The molecule has 1 aromatic carbocycles. The van der Waals surface area contributed by atoms with E-state index in [-0.39, 0.29) is 42.1 Å². The largest absolute Gasteiger partial charge is 0.466 e. The van der Waals surface area contributed by atoms with Gasteiger partial charge in [-0.15, -0.1) is 22.7 Å². The number of thiophene rings is 1. The fourth-order valence-corrected chi connectivity index (χ4v) is 4.39. The van der Waals surface area contributed by atoms with Crippen molar-refractivity contribution in [1.82, 2.24) is 4.98 Å². The number of nitrogens with zero attached hydrogens (tertiary/aromatic N) is 2. The molecular formula is C19H18F2N2O3S2. The van der Waals surface area contributed by atoms with E-state index in [0.29, 0.717) is 10.7 Å². The van der Waals surface area contributed by atoms with Crippen LogP contribution in [0.25, 0.3) is 10.2 Å². The number of esters is 1. The first-order valence-electron chi connectivity index (χ1n) is 8.63. The molecule has 9 heteroatoms. The maximum absolute atomic E-state index is 14.0. The van der Waals surface area contributed by atoms with E-state index in [4.69, 9.17) is 4.74 Å². The molecule has 0 saturated heterocycles. The van der Waals surface area contributed by atoms with Gasteiger partial charge in [0.2, 0.25) is 5.91 Å². The quantitative estimate of drug-likeness (QED) is 0.510. The minimum atomic E-state index is -0.696. The molecule has 0 aliphatic rings. The Hall–Kier alpha value is -2.39. The predicted molar refractivity (Wildman–Crippen MR) is 106 cm³/mol. The molecule has 2 heterocycles. The minimum Gasteiger partial charge on any atom is -0.466 e. The molecule has 3 rings (SSSR count). The van der Waals surface area contributed by atoms with E-state index < -0.39 is 17.6 Å². The van der Waals surface area contributed by atoms with Gasteiger partial charge in [-0.25, -0.2) is 13.8 Å². The summed E-state index contributed by atoms with van der Waals surface area (Å²) in [6, 6.07) is 3.80. The second kappa shape index (κ2) is 8.74. The van der Waals surface area contributed by atoms with Crippen molar-refractivity contribution in [2.45, 2.75) is 33.2 Å². The summed E-state index contributed by atoms with van der Waals surface area (Å²) >= 11 is 2.57. The van der Waals surface area contributed by atoms with E-state index in [1.807, 2.05) is 18.4 Å². The number of aromatic nitrogens is 1. The topological polar surface area (TPSA) is 59.5 Å². The van der Waals surface area contributed by atoms with Gasteiger partial charge in [0.05, 0.1) is 35.5 Å². The highest BCUT2D eigenvalue weighted by Gasteiger charge is 2.22. The molecular weight excluding hydrogens is 406 g/mol. The van der Waals surface area contributed by atoms with Crippen LogP contribution in [0, 0.1) is 18.6 Å². The average Bonchev–Trinajstić information content (AvgIpc) is 3.23. The van der Waals surface area contributed by atoms with E-state index in [1.54, 1.807) is 6.92 Å². The second-order valence-corrected chi connectivity index (χ2v) is 8.19. The summed E-state index contributed by atoms with van der Waals surface area (Å²) in [7, 11) is 0. The Kier molecular flexibility index (Phi) is 6.35. The molecule has 0 aliphatic heterocycles. The number of thiazole rings is 1. The van der Waals surface area contributed by atoms with Gasteiger partial charge in [0.1, 0.15) is 16.6 Å². The van der Waals surface area contributed by atoms with Gasteiger partial charge in [0, 0.05) is 23.4 Å². The lowest BCUT2D eigenvalue weighted by molar-refractivity contribution is -0.144. The van der Waals surface area contributed by atoms with Crippen LogP contribution in [0.1, 0.15) is 29.7 Å². The molecule has 0 unspecified atom stereocenters. The molecule has 28 heavy (non-hydrogen) atoms. The standard InChI is InChI=1S/C19H18F2N2O3S2/c1-3-26-18(25)5-4-17(24)23(15-6-7-27-11(15)2)10-16-22-14-9-12(20)8-13(21)19(14)28-16/h6-9H,3-5,10H2,1-2H3. The van der Waals surface area contributed by atoms with Crippen molar-refractivity contribution in [1.29, 1.82) is 0 Å². The van der Waals surface area contributed by atoms with E-state index in [2.05, 4.69) is 4.98 Å². The van der Waals surface area contributed by atoms with Crippen LogP contribution in [0.2, 0.25) is 0 Å². The Bertz CT molecular complexity index is 1020. The smallest absolute Gasteiger partial charge is 0.306 e. The van der Waals surface area contributed by atoms with E-state index in [9.17, 15) is 18.4 Å². The number of amides is 1. The Labute approximate surface area is 168 Å². The number of hydrogen-bond acceptors (Lipinski definition) is 6. The fraction of sp³-hybridized carbons (Fsp3) is 0.316. The number of carbonyl (C=O) groups is 2. The van der Waals surface area contributed by atoms with Crippen LogP contribution in [0.3, 0.4) is 0 Å². The lowest BCUT2D eigenvalue weighted by Crippen LogP contribution is -2.31. The highest BCUT2D eigenvalue weighted by molar-refractivity contribution is 7.18. The molecule has 0 spiro atoms. The van der Waals surface area contributed by atoms with Crippen LogP contribution in [-0.4, -0.2) is 23.5 Å². The van der Waals surface area contributed by atoms with Gasteiger partial charge in [-0.2, -0.15) is 0 Å². The average molecular weight is 424 g/mol. The van der Waals surface area contributed by atoms with Gasteiger partial charge in [0.25, 0.3) is 0 Å². The first kappa shape index (κ1) is 20.3. The number of carbonyl (C=O) groups excluding carboxylic acids is 2. The van der Waals surface area contributed by atoms with E-state index in [0.717, 1.165) is 22.3 Å². The van der Waals surface area contributed by atoms with Crippen molar-refractivity contribution in [3.05, 3.63) is 45.1 Å². The molecule has 2 aromatic heterocycles. The summed E-state index contributed by atoms with van der Waals surface area (Å²) in [5.74, 6) is -2.07. The number of benzene rings is 1. The minimum absolute atomic E-state index is 0.0119. The number of fused-ring (bicyclic) bond motifs is 1. The lowest BCUT2D eigenvalue weighted by atomic mass is 10.2. The number of hydrogen-bond donors (Lipinski definition) is 0. The second-order valence-electron chi connectivity index (χ2n) is 5.99. The van der Waals surface area contributed by atoms with E-state index in [1.165, 1.54) is 22.3 Å². The van der Waals surface area contributed by atoms with Crippen molar-refractivity contribution >= 4 is 50.5 Å². The van der Waals surface area contributed by atoms with Crippen molar-refractivity contribution < 1.29 is 23.1 Å². The summed E-state index contributed by atoms with van der Waals surface area (Å²) in [6.45, 7) is 3.96. The summed E-state index contributed by atoms with van der Waals surface area (Å²) in [5, 5.41) is 2.35. The molecule has 0 aliphatic carbocycles. The first-order chi connectivity index (χ1) is 13.4. The van der Waals surface area contributed by atoms with Crippen LogP contribution in [0.4, 0.5) is 14.5 Å². The van der Waals surface area contributed by atoms with Crippen LogP contribution >= 0.6 is 22.7 Å². The highest BCUT2D eigenvalue weighted by atomic mass is 32.1. The molecule has 3 aromatic rings. The third-order valence-corrected chi connectivity index (χ3v) is 5.92. The Morgan fingerprint density at radius 2 is 2.04 bits per heavy atom. The maximum atomic E-state index is 14.0. The molecule has 0 fully saturated rings. The van der Waals surface area contributed by atoms with Crippen LogP contribution < -0.4 is 4.90 Å². The summed E-state index contributed by atoms with van der Waals surface area (Å²) in [6.07, 6.45) is -0.0337. The predicted octanol–water partition coefficient (Wildman–Crippen LogP) is 4.82. The number of aryl methyl sites for hydroxylation is 1. The maximum Gasteiger partial charge on any atom is 0.306 e. The molecule has 148 valence electrons. The number of rotatable bonds is 7. The first-order valence-corrected chi connectivity index (χ1v) is 10.3. The molecule has 1 amide bonds. The molecule has 5 nitrogen and oxygen atoms in total. The molecule has 0 bridgehead atoms. The van der Waals surface area contributed by atoms with E-state index >= 15 is 0 Å². The number of ether oxygens (including phenoxy) is 1. The summed E-state index contributed by atoms with van der Waals surface area (Å²) in [5.41, 5.74) is 0.934. The highest BCUT2D eigenvalue weighted by Crippen LogP contribution is 2.31. The fourth-order valence-electron chi connectivity index (χ4n) is 2.75. The molecule has 0 atom stereocenters. The normalized spacial score (nSPS) is 11.0. The van der Waals surface area contributed by atoms with Crippen LogP contribution in [0.15, 0.2) is 23.6 Å². The van der Waals surface area contributed by atoms with Gasteiger partial charge in [-0.05, 0) is 25.3 Å². The Balaban J connectivity index is 1.86. The number of halogens is 2. The molecule has 0 radical (unpaired) electrons. The van der Waals surface area contributed by atoms with Crippen LogP contribution in [-0.2, 0) is 20.9 Å². The summed E-state index contributed by atoms with van der Waals surface area (Å²) < 4.78 is 32.5. The third-order valence-electron chi connectivity index (χ3n) is 4.02. The van der Waals surface area contributed by atoms with Gasteiger partial charge in [-0.3, -0.25) is 9.59 Å². The monoisotopic (exact) mass is 424 g/mol. The van der Waals surface area contributed by atoms with Gasteiger partial charge >= 0.3 is 5.97 Å². The third kappa shape index (κ3) is 4.53. The van der Waals surface area contributed by atoms with Gasteiger partial charge in [0.15, 0.2) is 0 Å². The Morgan fingerprint density at radius 1 is 1.25 bits per heavy atom. The zero-order valence-corrected chi connectivity index (χ0v) is 17.0. The van der Waals surface area contributed by atoms with Gasteiger partial charge < -0.3 is 9.64 Å². The zero-order chi connectivity index (χ0) is 20.3.